The van der Waals surface area contributed by atoms with Crippen LogP contribution in [0.3, 0.4) is 0 Å². The fraction of sp³-hybridized carbons (Fsp3) is 0.286. The fourth-order valence-corrected chi connectivity index (χ4v) is 2.27. The number of aromatic nitrogens is 3. The normalized spacial score (nSPS) is 17.4. The standard InChI is InChI=1S/C14H16N4O/c1-9-8-13(11-4-6-12(19-3)7-5-11)18-14(15-9)16-10(2)17-18/h4-8,13H,1-3H3,(H,15,16,17). The fourth-order valence-electron chi connectivity index (χ4n) is 2.27. The number of benzene rings is 1. The molecule has 98 valence electrons. The van der Waals surface area contributed by atoms with Crippen LogP contribution in [0.5, 0.6) is 5.75 Å². The maximum absolute atomic E-state index is 5.19. The monoisotopic (exact) mass is 256 g/mol. The molecule has 1 N–H and O–H groups in total. The van der Waals surface area contributed by atoms with Crippen LogP contribution in [0, 0.1) is 6.92 Å². The Hall–Kier alpha value is -2.30. The van der Waals surface area contributed by atoms with Crippen LogP contribution in [-0.2, 0) is 0 Å². The summed E-state index contributed by atoms with van der Waals surface area (Å²) in [6.45, 7) is 3.93. The van der Waals surface area contributed by atoms with E-state index in [-0.39, 0.29) is 6.04 Å². The minimum atomic E-state index is 0.0726. The third kappa shape index (κ3) is 2.07. The van der Waals surface area contributed by atoms with Gasteiger partial charge in [-0.1, -0.05) is 12.1 Å². The van der Waals surface area contributed by atoms with E-state index in [1.165, 1.54) is 0 Å². The number of hydrogen-bond acceptors (Lipinski definition) is 4. The predicted octanol–water partition coefficient (Wildman–Crippen LogP) is 2.51. The minimum Gasteiger partial charge on any atom is -0.497 e. The Kier molecular flexibility index (Phi) is 2.74. The maximum Gasteiger partial charge on any atom is 0.226 e. The first-order chi connectivity index (χ1) is 9.17. The second-order valence-electron chi connectivity index (χ2n) is 4.62. The first-order valence-corrected chi connectivity index (χ1v) is 6.20. The first kappa shape index (κ1) is 11.8. The molecule has 0 saturated carbocycles. The zero-order chi connectivity index (χ0) is 13.4. The van der Waals surface area contributed by atoms with Crippen molar-refractivity contribution in [1.82, 2.24) is 14.8 Å². The van der Waals surface area contributed by atoms with Gasteiger partial charge in [-0.05, 0) is 37.6 Å². The summed E-state index contributed by atoms with van der Waals surface area (Å²) in [4.78, 5) is 4.39. The third-order valence-corrected chi connectivity index (χ3v) is 3.17. The van der Waals surface area contributed by atoms with Gasteiger partial charge >= 0.3 is 0 Å². The lowest BCUT2D eigenvalue weighted by Gasteiger charge is -2.22. The van der Waals surface area contributed by atoms with Crippen LogP contribution in [-0.4, -0.2) is 21.9 Å². The quantitative estimate of drug-likeness (QED) is 0.897. The molecule has 0 aliphatic carbocycles. The molecule has 0 spiro atoms. The number of nitrogens with one attached hydrogen (secondary N) is 1. The summed E-state index contributed by atoms with van der Waals surface area (Å²) in [6.07, 6.45) is 2.14. The number of hydrogen-bond donors (Lipinski definition) is 1. The largest absolute Gasteiger partial charge is 0.497 e. The highest BCUT2D eigenvalue weighted by molar-refractivity contribution is 5.43. The molecular formula is C14H16N4O. The van der Waals surface area contributed by atoms with Gasteiger partial charge in [-0.15, -0.1) is 0 Å². The van der Waals surface area contributed by atoms with Crippen molar-refractivity contribution >= 4 is 5.95 Å². The number of methoxy groups -OCH3 is 1. The summed E-state index contributed by atoms with van der Waals surface area (Å²) in [5.41, 5.74) is 2.24. The van der Waals surface area contributed by atoms with Crippen molar-refractivity contribution in [2.75, 3.05) is 12.4 Å². The van der Waals surface area contributed by atoms with Crippen LogP contribution in [0.1, 0.15) is 24.4 Å². The van der Waals surface area contributed by atoms with Crippen LogP contribution in [0.25, 0.3) is 0 Å². The van der Waals surface area contributed by atoms with Gasteiger partial charge in [0.25, 0.3) is 0 Å². The lowest BCUT2D eigenvalue weighted by atomic mass is 10.0. The van der Waals surface area contributed by atoms with Crippen molar-refractivity contribution in [2.24, 2.45) is 0 Å². The number of aryl methyl sites for hydroxylation is 1. The van der Waals surface area contributed by atoms with E-state index >= 15 is 0 Å². The Bertz CT molecular complexity index is 627. The summed E-state index contributed by atoms with van der Waals surface area (Å²) in [5, 5.41) is 7.68. The lowest BCUT2D eigenvalue weighted by molar-refractivity contribution is 0.414. The Balaban J connectivity index is 2.04. The molecule has 1 aliphatic rings. The van der Waals surface area contributed by atoms with Crippen molar-refractivity contribution in [3.8, 4) is 5.75 Å². The van der Waals surface area contributed by atoms with Gasteiger partial charge in [0.15, 0.2) is 0 Å². The van der Waals surface area contributed by atoms with Gasteiger partial charge in [-0.25, -0.2) is 4.68 Å². The van der Waals surface area contributed by atoms with E-state index in [1.807, 2.05) is 30.7 Å². The highest BCUT2D eigenvalue weighted by Crippen LogP contribution is 2.29. The molecule has 2 aromatic rings. The van der Waals surface area contributed by atoms with Gasteiger partial charge < -0.3 is 10.1 Å². The molecule has 1 aromatic heterocycles. The van der Waals surface area contributed by atoms with E-state index in [1.54, 1.807) is 7.11 Å². The van der Waals surface area contributed by atoms with Crippen molar-refractivity contribution in [1.29, 1.82) is 0 Å². The smallest absolute Gasteiger partial charge is 0.226 e. The molecule has 0 saturated heterocycles. The zero-order valence-electron chi connectivity index (χ0n) is 11.2. The Labute approximate surface area is 111 Å². The summed E-state index contributed by atoms with van der Waals surface area (Å²) in [6, 6.07) is 8.11. The number of allylic oxidation sites excluding steroid dienone is 2. The van der Waals surface area contributed by atoms with Crippen LogP contribution in [0.15, 0.2) is 36.0 Å². The van der Waals surface area contributed by atoms with E-state index in [0.29, 0.717) is 0 Å². The Morgan fingerprint density at radius 3 is 2.63 bits per heavy atom. The summed E-state index contributed by atoms with van der Waals surface area (Å²) < 4.78 is 7.10. The van der Waals surface area contributed by atoms with Crippen molar-refractivity contribution in [3.63, 3.8) is 0 Å². The predicted molar refractivity (Wildman–Crippen MR) is 73.3 cm³/mol. The first-order valence-electron chi connectivity index (χ1n) is 6.20. The average Bonchev–Trinajstić information content (AvgIpc) is 2.78. The van der Waals surface area contributed by atoms with Gasteiger partial charge in [0, 0.05) is 5.70 Å². The molecule has 5 nitrogen and oxygen atoms in total. The molecule has 2 heterocycles. The van der Waals surface area contributed by atoms with E-state index in [0.717, 1.165) is 28.8 Å². The molecule has 19 heavy (non-hydrogen) atoms. The zero-order valence-corrected chi connectivity index (χ0v) is 11.2. The number of fused-ring (bicyclic) bond motifs is 1. The summed E-state index contributed by atoms with van der Waals surface area (Å²) in [5.74, 6) is 2.41. The van der Waals surface area contributed by atoms with Crippen molar-refractivity contribution in [3.05, 3.63) is 47.4 Å². The highest BCUT2D eigenvalue weighted by atomic mass is 16.5. The van der Waals surface area contributed by atoms with Gasteiger partial charge in [0.1, 0.15) is 17.6 Å². The molecular weight excluding hydrogens is 240 g/mol. The van der Waals surface area contributed by atoms with E-state index in [4.69, 9.17) is 4.74 Å². The average molecular weight is 256 g/mol. The molecule has 1 aromatic carbocycles. The SMILES string of the molecule is COc1ccc(C2C=C(C)Nc3nc(C)nn32)cc1. The topological polar surface area (TPSA) is 52.0 Å². The molecule has 0 fully saturated rings. The van der Waals surface area contributed by atoms with Gasteiger partial charge in [-0.3, -0.25) is 0 Å². The summed E-state index contributed by atoms with van der Waals surface area (Å²) in [7, 11) is 1.67. The molecule has 0 radical (unpaired) electrons. The third-order valence-electron chi connectivity index (χ3n) is 3.17. The van der Waals surface area contributed by atoms with E-state index in [2.05, 4.69) is 33.6 Å². The highest BCUT2D eigenvalue weighted by Gasteiger charge is 2.22. The van der Waals surface area contributed by atoms with Crippen LogP contribution in [0.4, 0.5) is 5.95 Å². The molecule has 0 amide bonds. The van der Waals surface area contributed by atoms with Gasteiger partial charge in [0.2, 0.25) is 5.95 Å². The lowest BCUT2D eigenvalue weighted by Crippen LogP contribution is -2.19. The molecule has 1 atom stereocenters. The van der Waals surface area contributed by atoms with E-state index in [9.17, 15) is 0 Å². The van der Waals surface area contributed by atoms with Crippen LogP contribution in [0.2, 0.25) is 0 Å². The molecule has 0 bridgehead atoms. The molecule has 1 aliphatic heterocycles. The molecule has 1 unspecified atom stereocenters. The minimum absolute atomic E-state index is 0.0726. The van der Waals surface area contributed by atoms with Crippen molar-refractivity contribution in [2.45, 2.75) is 19.9 Å². The number of anilines is 1. The Morgan fingerprint density at radius 2 is 1.95 bits per heavy atom. The number of ether oxygens (including phenoxy) is 1. The second-order valence-corrected chi connectivity index (χ2v) is 4.62. The van der Waals surface area contributed by atoms with Crippen LogP contribution >= 0.6 is 0 Å². The second kappa shape index (κ2) is 4.42. The van der Waals surface area contributed by atoms with Crippen LogP contribution < -0.4 is 10.1 Å². The Morgan fingerprint density at radius 1 is 1.21 bits per heavy atom. The van der Waals surface area contributed by atoms with E-state index < -0.39 is 0 Å². The maximum atomic E-state index is 5.19. The van der Waals surface area contributed by atoms with Gasteiger partial charge in [-0.2, -0.15) is 10.1 Å². The number of rotatable bonds is 2. The number of nitrogens with zero attached hydrogens (tertiary/aromatic N) is 3. The molecule has 5 heteroatoms. The van der Waals surface area contributed by atoms with Crippen molar-refractivity contribution < 1.29 is 4.74 Å². The summed E-state index contributed by atoms with van der Waals surface area (Å²) >= 11 is 0. The van der Waals surface area contributed by atoms with Gasteiger partial charge in [0.05, 0.1) is 7.11 Å². The molecule has 3 rings (SSSR count).